The van der Waals surface area contributed by atoms with E-state index < -0.39 is 13.1 Å². The van der Waals surface area contributed by atoms with Crippen molar-refractivity contribution < 1.29 is 23.5 Å². The first kappa shape index (κ1) is 19.4. The highest BCUT2D eigenvalue weighted by Gasteiger charge is 2.25. The van der Waals surface area contributed by atoms with Crippen molar-refractivity contribution in [3.05, 3.63) is 29.8 Å². The maximum Gasteiger partial charge on any atom is 0.564 e. The van der Waals surface area contributed by atoms with Crippen molar-refractivity contribution in [2.45, 2.75) is 6.42 Å². The van der Waals surface area contributed by atoms with Crippen LogP contribution in [0, 0.1) is 0 Å². The molecule has 0 aliphatic heterocycles. The molecule has 0 saturated heterocycles. The standard InChI is InChI=1S/C14H19BN2O5S/c1-17(9-10-18)11-14(19)22-15(21-2)13-5-3-12(4-6-13)7-8-16-23-20/h3-6,8,10,20H,7,9,11H2,1-2H3. The normalized spacial score (nSPS) is 11.0. The lowest BCUT2D eigenvalue weighted by Crippen LogP contribution is -2.40. The van der Waals surface area contributed by atoms with Crippen LogP contribution < -0.4 is 5.46 Å². The average Bonchev–Trinajstić information content (AvgIpc) is 2.54. The molecule has 124 valence electrons. The first-order valence-corrected chi connectivity index (χ1v) is 7.59. The summed E-state index contributed by atoms with van der Waals surface area (Å²) < 4.78 is 22.6. The Kier molecular flexibility index (Phi) is 9.23. The van der Waals surface area contributed by atoms with Gasteiger partial charge in [-0.1, -0.05) is 24.3 Å². The summed E-state index contributed by atoms with van der Waals surface area (Å²) in [7, 11) is 2.30. The van der Waals surface area contributed by atoms with Crippen LogP contribution in [0.15, 0.2) is 28.7 Å². The minimum atomic E-state index is -0.803. The molecular formula is C14H19BN2O5S. The van der Waals surface area contributed by atoms with Crippen molar-refractivity contribution in [1.82, 2.24) is 4.90 Å². The summed E-state index contributed by atoms with van der Waals surface area (Å²) in [6.45, 7) is 0.168. The summed E-state index contributed by atoms with van der Waals surface area (Å²) in [5.41, 5.74) is 1.70. The third kappa shape index (κ3) is 7.42. The molecule has 23 heavy (non-hydrogen) atoms. The van der Waals surface area contributed by atoms with Crippen LogP contribution in [0.3, 0.4) is 0 Å². The molecule has 0 saturated carbocycles. The molecule has 0 heterocycles. The third-order valence-corrected chi connectivity index (χ3v) is 3.18. The third-order valence-electron chi connectivity index (χ3n) is 2.94. The number of benzene rings is 1. The van der Waals surface area contributed by atoms with Gasteiger partial charge in [0.05, 0.1) is 13.1 Å². The van der Waals surface area contributed by atoms with Gasteiger partial charge in [-0.2, -0.15) is 0 Å². The fraction of sp³-hybridized carbons (Fsp3) is 0.357. The van der Waals surface area contributed by atoms with Gasteiger partial charge in [0, 0.05) is 19.7 Å². The van der Waals surface area contributed by atoms with Gasteiger partial charge < -0.3 is 18.7 Å². The highest BCUT2D eigenvalue weighted by Crippen LogP contribution is 2.01. The predicted octanol–water partition coefficient (Wildman–Crippen LogP) is 0.437. The number of rotatable bonds is 10. The van der Waals surface area contributed by atoms with E-state index >= 15 is 0 Å². The summed E-state index contributed by atoms with van der Waals surface area (Å²) in [4.78, 5) is 23.7. The van der Waals surface area contributed by atoms with Gasteiger partial charge in [0.15, 0.2) is 0 Å². The van der Waals surface area contributed by atoms with Crippen molar-refractivity contribution in [3.63, 3.8) is 0 Å². The van der Waals surface area contributed by atoms with Gasteiger partial charge in [0.25, 0.3) is 0 Å². The van der Waals surface area contributed by atoms with Crippen LogP contribution in [0.25, 0.3) is 0 Å². The topological polar surface area (TPSA) is 88.4 Å². The second kappa shape index (κ2) is 11.0. The van der Waals surface area contributed by atoms with Crippen LogP contribution in [-0.2, 0) is 25.3 Å². The smallest absolute Gasteiger partial charge is 0.505 e. The molecule has 0 atom stereocenters. The fourth-order valence-electron chi connectivity index (χ4n) is 1.81. The molecule has 1 aromatic carbocycles. The minimum absolute atomic E-state index is 0.00593. The summed E-state index contributed by atoms with van der Waals surface area (Å²) in [5.74, 6) is -0.475. The lowest BCUT2D eigenvalue weighted by Gasteiger charge is -2.16. The monoisotopic (exact) mass is 338 g/mol. The molecule has 0 radical (unpaired) electrons. The molecule has 0 aliphatic rings. The molecular weight excluding hydrogens is 319 g/mol. The van der Waals surface area contributed by atoms with Crippen molar-refractivity contribution >= 4 is 43.3 Å². The minimum Gasteiger partial charge on any atom is -0.505 e. The summed E-state index contributed by atoms with van der Waals surface area (Å²) in [6.07, 6.45) is 2.90. The van der Waals surface area contributed by atoms with Gasteiger partial charge in [-0.3, -0.25) is 9.69 Å². The lowest BCUT2D eigenvalue weighted by atomic mass is 9.78. The maximum absolute atomic E-state index is 11.8. The molecule has 0 aliphatic carbocycles. The summed E-state index contributed by atoms with van der Waals surface area (Å²) in [6, 6.07) is 7.32. The Bertz CT molecular complexity index is 526. The molecule has 1 N–H and O–H groups in total. The Morgan fingerprint density at radius 1 is 1.43 bits per heavy atom. The Hall–Kier alpha value is -1.68. The molecule has 0 aromatic heterocycles. The van der Waals surface area contributed by atoms with Crippen LogP contribution in [-0.4, -0.2) is 62.3 Å². The first-order chi connectivity index (χ1) is 11.1. The van der Waals surface area contributed by atoms with E-state index in [-0.39, 0.29) is 13.1 Å². The molecule has 9 heteroatoms. The van der Waals surface area contributed by atoms with Gasteiger partial charge in [-0.25, -0.2) is 4.40 Å². The van der Waals surface area contributed by atoms with Gasteiger partial charge in [0.2, 0.25) is 0 Å². The van der Waals surface area contributed by atoms with Crippen LogP contribution in [0.5, 0.6) is 0 Å². The van der Waals surface area contributed by atoms with E-state index in [0.717, 1.165) is 11.8 Å². The lowest BCUT2D eigenvalue weighted by molar-refractivity contribution is -0.136. The van der Waals surface area contributed by atoms with Crippen molar-refractivity contribution in [3.8, 4) is 0 Å². The largest absolute Gasteiger partial charge is 0.564 e. The molecule has 0 bridgehead atoms. The highest BCUT2D eigenvalue weighted by atomic mass is 32.2. The van der Waals surface area contributed by atoms with Crippen LogP contribution in [0.2, 0.25) is 0 Å². The Balaban J connectivity index is 2.61. The zero-order chi connectivity index (χ0) is 17.1. The fourth-order valence-corrected chi connectivity index (χ4v) is 1.95. The van der Waals surface area contributed by atoms with E-state index in [9.17, 15) is 9.59 Å². The van der Waals surface area contributed by atoms with E-state index in [1.807, 2.05) is 12.1 Å². The van der Waals surface area contributed by atoms with Crippen LogP contribution >= 0.6 is 12.2 Å². The molecule has 7 nitrogen and oxygen atoms in total. The number of carbonyl (C=O) groups is 2. The van der Waals surface area contributed by atoms with Crippen LogP contribution in [0.4, 0.5) is 0 Å². The van der Waals surface area contributed by atoms with E-state index in [2.05, 4.69) is 4.40 Å². The maximum atomic E-state index is 11.8. The molecule has 0 fully saturated rings. The summed E-state index contributed by atoms with van der Waals surface area (Å²) in [5, 5.41) is 0. The SMILES string of the molecule is COB(OC(=O)CN(C)CC=O)c1ccc(CC=NSO)cc1. The zero-order valence-electron chi connectivity index (χ0n) is 13.0. The van der Waals surface area contributed by atoms with Gasteiger partial charge in [-0.05, 0) is 18.1 Å². The Labute approximate surface area is 140 Å². The zero-order valence-corrected chi connectivity index (χ0v) is 13.9. The van der Waals surface area contributed by atoms with Crippen molar-refractivity contribution in [1.29, 1.82) is 0 Å². The Morgan fingerprint density at radius 3 is 2.70 bits per heavy atom. The number of hydrogen-bond donors (Lipinski definition) is 1. The number of nitrogens with zero attached hydrogens (tertiary/aromatic N) is 2. The van der Waals surface area contributed by atoms with Gasteiger partial charge >= 0.3 is 13.1 Å². The summed E-state index contributed by atoms with van der Waals surface area (Å²) >= 11 is 0.414. The highest BCUT2D eigenvalue weighted by molar-refractivity contribution is 7.92. The number of likely N-dealkylation sites (N-methyl/N-ethyl adjacent to an activating group) is 1. The van der Waals surface area contributed by atoms with Crippen LogP contribution in [0.1, 0.15) is 5.56 Å². The van der Waals surface area contributed by atoms with E-state index in [4.69, 9.17) is 13.9 Å². The second-order valence-corrected chi connectivity index (χ2v) is 5.11. The number of aldehydes is 1. The molecule has 0 spiro atoms. The second-order valence-electron chi connectivity index (χ2n) is 4.74. The first-order valence-electron chi connectivity index (χ1n) is 6.86. The molecule has 0 amide bonds. The molecule has 1 rings (SSSR count). The quantitative estimate of drug-likeness (QED) is 0.218. The predicted molar refractivity (Wildman–Crippen MR) is 90.9 cm³/mol. The molecule has 0 unspecified atom stereocenters. The van der Waals surface area contributed by atoms with Gasteiger partial charge in [0.1, 0.15) is 18.5 Å². The van der Waals surface area contributed by atoms with E-state index in [0.29, 0.717) is 24.1 Å². The Morgan fingerprint density at radius 2 is 2.13 bits per heavy atom. The van der Waals surface area contributed by atoms with E-state index in [1.165, 1.54) is 7.11 Å². The number of carbonyl (C=O) groups excluding carboxylic acids is 2. The number of hydrogen-bond acceptors (Lipinski definition) is 8. The van der Waals surface area contributed by atoms with Gasteiger partial charge in [-0.15, -0.1) is 0 Å². The molecule has 1 aromatic rings. The van der Waals surface area contributed by atoms with Crippen molar-refractivity contribution in [2.75, 3.05) is 27.2 Å². The van der Waals surface area contributed by atoms with Crippen molar-refractivity contribution in [2.24, 2.45) is 4.40 Å². The van der Waals surface area contributed by atoms with E-state index in [1.54, 1.807) is 30.3 Å². The average molecular weight is 338 g/mol.